The molecule has 1 saturated heterocycles. The number of amides is 1. The van der Waals surface area contributed by atoms with Gasteiger partial charge >= 0.3 is 0 Å². The van der Waals surface area contributed by atoms with E-state index in [4.69, 9.17) is 10.8 Å². The van der Waals surface area contributed by atoms with Crippen molar-refractivity contribution in [3.05, 3.63) is 48.2 Å². The number of nitrogens with zero attached hydrogens (tertiary/aromatic N) is 3. The predicted octanol–water partition coefficient (Wildman–Crippen LogP) is 2.06. The number of halogens is 1. The van der Waals surface area contributed by atoms with E-state index in [1.165, 1.54) is 12.1 Å². The Kier molecular flexibility index (Phi) is 6.52. The summed E-state index contributed by atoms with van der Waals surface area (Å²) in [5.74, 6) is 0.683. The third kappa shape index (κ3) is 4.57. The maximum absolute atomic E-state index is 13.2. The number of benzene rings is 1. The highest BCUT2D eigenvalue weighted by atomic mass is 19.1. The average Bonchev–Trinajstić information content (AvgIpc) is 3.05. The van der Waals surface area contributed by atoms with Crippen LogP contribution < -0.4 is 5.73 Å². The fourth-order valence-electron chi connectivity index (χ4n) is 2.98. The Hall–Kier alpha value is -2.41. The van der Waals surface area contributed by atoms with Gasteiger partial charge in [-0.25, -0.2) is 9.37 Å². The van der Waals surface area contributed by atoms with Gasteiger partial charge in [0.1, 0.15) is 17.7 Å². The highest BCUT2D eigenvalue weighted by molar-refractivity contribution is 5.84. The molecule has 1 aromatic carbocycles. The number of rotatable bonds is 3. The van der Waals surface area contributed by atoms with Crippen LogP contribution in [0.1, 0.15) is 31.4 Å². The second-order valence-corrected chi connectivity index (χ2v) is 6.21. The molecule has 136 valence electrons. The van der Waals surface area contributed by atoms with Crippen LogP contribution in [0.3, 0.4) is 0 Å². The molecule has 7 heteroatoms. The zero-order valence-electron chi connectivity index (χ0n) is 14.6. The maximum Gasteiger partial charge on any atom is 0.250 e. The van der Waals surface area contributed by atoms with Crippen LogP contribution >= 0.6 is 0 Å². The summed E-state index contributed by atoms with van der Waals surface area (Å²) in [6.45, 7) is 3.71. The lowest BCUT2D eigenvalue weighted by atomic mass is 9.97. The Morgan fingerprint density at radius 3 is 2.40 bits per heavy atom. The molecule has 25 heavy (non-hydrogen) atoms. The van der Waals surface area contributed by atoms with Crippen LogP contribution in [-0.4, -0.2) is 45.7 Å². The highest BCUT2D eigenvalue weighted by Crippen LogP contribution is 2.25. The van der Waals surface area contributed by atoms with Crippen LogP contribution in [0.2, 0.25) is 0 Å². The number of aliphatic hydroxyl groups is 1. The van der Waals surface area contributed by atoms with Crippen molar-refractivity contribution in [1.82, 2.24) is 14.5 Å². The standard InChI is InChI=1S/C17H21FN4O.CH4O/c1-12-6-8-21(9-7-12)17(23)16(22-10-15(19)20-11-22)13-2-4-14(18)5-3-13;1-2/h2-5,10-12,16H,6-9,19H2,1H3;2H,1H3. The summed E-state index contributed by atoms with van der Waals surface area (Å²) in [6, 6.07) is 5.46. The van der Waals surface area contributed by atoms with Gasteiger partial charge in [-0.05, 0) is 36.5 Å². The van der Waals surface area contributed by atoms with Gasteiger partial charge in [0, 0.05) is 26.4 Å². The minimum atomic E-state index is -0.561. The van der Waals surface area contributed by atoms with Gasteiger partial charge in [-0.15, -0.1) is 0 Å². The first kappa shape index (κ1) is 18.9. The lowest BCUT2D eigenvalue weighted by Crippen LogP contribution is -2.42. The zero-order chi connectivity index (χ0) is 18.4. The lowest BCUT2D eigenvalue weighted by molar-refractivity contribution is -0.134. The number of hydrogen-bond donors (Lipinski definition) is 2. The molecule has 1 fully saturated rings. The van der Waals surface area contributed by atoms with E-state index in [0.717, 1.165) is 38.6 Å². The number of piperidine rings is 1. The molecule has 2 heterocycles. The number of hydrogen-bond acceptors (Lipinski definition) is 4. The first-order valence-corrected chi connectivity index (χ1v) is 8.32. The number of anilines is 1. The van der Waals surface area contributed by atoms with Crippen LogP contribution in [0.25, 0.3) is 0 Å². The number of imidazole rings is 1. The van der Waals surface area contributed by atoms with Crippen LogP contribution in [-0.2, 0) is 4.79 Å². The molecule has 3 rings (SSSR count). The predicted molar refractivity (Wildman–Crippen MR) is 94.3 cm³/mol. The molecule has 1 aliphatic rings. The zero-order valence-corrected chi connectivity index (χ0v) is 14.6. The van der Waals surface area contributed by atoms with E-state index < -0.39 is 6.04 Å². The molecular formula is C18H25FN4O2. The van der Waals surface area contributed by atoms with Gasteiger partial charge in [-0.2, -0.15) is 0 Å². The molecule has 1 aliphatic heterocycles. The Balaban J connectivity index is 0.00000109. The third-order valence-corrected chi connectivity index (χ3v) is 4.43. The van der Waals surface area contributed by atoms with Gasteiger partial charge in [0.25, 0.3) is 0 Å². The van der Waals surface area contributed by atoms with Crippen molar-refractivity contribution in [1.29, 1.82) is 0 Å². The normalized spacial score (nSPS) is 16.1. The molecule has 1 amide bonds. The summed E-state index contributed by atoms with van der Waals surface area (Å²) in [5, 5.41) is 7.00. The van der Waals surface area contributed by atoms with Gasteiger partial charge < -0.3 is 20.3 Å². The van der Waals surface area contributed by atoms with Crippen molar-refractivity contribution in [3.63, 3.8) is 0 Å². The van der Waals surface area contributed by atoms with Crippen molar-refractivity contribution >= 4 is 11.7 Å². The molecule has 2 aromatic rings. The van der Waals surface area contributed by atoms with Crippen molar-refractivity contribution in [2.75, 3.05) is 25.9 Å². The number of nitrogens with two attached hydrogens (primary N) is 1. The number of nitrogen functional groups attached to an aromatic ring is 1. The van der Waals surface area contributed by atoms with Crippen LogP contribution in [0.15, 0.2) is 36.8 Å². The van der Waals surface area contributed by atoms with E-state index >= 15 is 0 Å². The van der Waals surface area contributed by atoms with Gasteiger partial charge in [0.05, 0.1) is 6.33 Å². The third-order valence-electron chi connectivity index (χ3n) is 4.43. The summed E-state index contributed by atoms with van der Waals surface area (Å²) >= 11 is 0. The van der Waals surface area contributed by atoms with Crippen LogP contribution in [0, 0.1) is 11.7 Å². The molecule has 0 saturated carbocycles. The van der Waals surface area contributed by atoms with Gasteiger partial charge in [-0.1, -0.05) is 19.1 Å². The molecule has 0 spiro atoms. The molecule has 6 nitrogen and oxygen atoms in total. The highest BCUT2D eigenvalue weighted by Gasteiger charge is 2.29. The molecule has 1 atom stereocenters. The van der Waals surface area contributed by atoms with Crippen LogP contribution in [0.5, 0.6) is 0 Å². The van der Waals surface area contributed by atoms with E-state index in [2.05, 4.69) is 11.9 Å². The van der Waals surface area contributed by atoms with E-state index in [1.807, 2.05) is 4.90 Å². The minimum Gasteiger partial charge on any atom is -0.400 e. The average molecular weight is 348 g/mol. The monoisotopic (exact) mass is 348 g/mol. The molecule has 0 aliphatic carbocycles. The SMILES string of the molecule is CC1CCN(C(=O)C(c2ccc(F)cc2)n2cnc(N)c2)CC1.CO. The molecule has 3 N–H and O–H groups in total. The molecule has 0 radical (unpaired) electrons. The first-order valence-electron chi connectivity index (χ1n) is 8.32. The van der Waals surface area contributed by atoms with Crippen molar-refractivity contribution < 1.29 is 14.3 Å². The summed E-state index contributed by atoms with van der Waals surface area (Å²) in [5.41, 5.74) is 6.43. The largest absolute Gasteiger partial charge is 0.400 e. The van der Waals surface area contributed by atoms with Gasteiger partial charge in [0.15, 0.2) is 0 Å². The minimum absolute atomic E-state index is 0.000841. The Morgan fingerprint density at radius 2 is 1.88 bits per heavy atom. The fourth-order valence-corrected chi connectivity index (χ4v) is 2.98. The number of carbonyl (C=O) groups excluding carboxylic acids is 1. The fraction of sp³-hybridized carbons (Fsp3) is 0.444. The van der Waals surface area contributed by atoms with Crippen LogP contribution in [0.4, 0.5) is 10.2 Å². The van der Waals surface area contributed by atoms with Crippen molar-refractivity contribution in [2.45, 2.75) is 25.8 Å². The summed E-state index contributed by atoms with van der Waals surface area (Å²) in [4.78, 5) is 18.9. The number of likely N-dealkylation sites (tertiary alicyclic amines) is 1. The first-order chi connectivity index (χ1) is 12.0. The number of aromatic nitrogens is 2. The Bertz CT molecular complexity index is 679. The summed E-state index contributed by atoms with van der Waals surface area (Å²) in [6.07, 6.45) is 5.20. The molecule has 1 aromatic heterocycles. The topological polar surface area (TPSA) is 84.4 Å². The lowest BCUT2D eigenvalue weighted by Gasteiger charge is -2.33. The van der Waals surface area contributed by atoms with E-state index in [-0.39, 0.29) is 11.7 Å². The Morgan fingerprint density at radius 1 is 1.28 bits per heavy atom. The number of aliphatic hydroxyl groups excluding tert-OH is 1. The summed E-state index contributed by atoms with van der Waals surface area (Å²) in [7, 11) is 1.00. The molecule has 1 unspecified atom stereocenters. The van der Waals surface area contributed by atoms with Crippen molar-refractivity contribution in [2.24, 2.45) is 5.92 Å². The number of carbonyl (C=O) groups is 1. The maximum atomic E-state index is 13.2. The quantitative estimate of drug-likeness (QED) is 0.889. The van der Waals surface area contributed by atoms with E-state index in [0.29, 0.717) is 11.7 Å². The van der Waals surface area contributed by atoms with E-state index in [1.54, 1.807) is 29.2 Å². The summed E-state index contributed by atoms with van der Waals surface area (Å²) < 4.78 is 14.9. The second-order valence-electron chi connectivity index (χ2n) is 6.21. The van der Waals surface area contributed by atoms with Crippen molar-refractivity contribution in [3.8, 4) is 0 Å². The van der Waals surface area contributed by atoms with E-state index in [9.17, 15) is 9.18 Å². The molecule has 0 bridgehead atoms. The van der Waals surface area contributed by atoms with Gasteiger partial charge in [-0.3, -0.25) is 4.79 Å². The van der Waals surface area contributed by atoms with Gasteiger partial charge in [0.2, 0.25) is 5.91 Å². The Labute approximate surface area is 147 Å². The molecular weight excluding hydrogens is 323 g/mol. The second kappa shape index (κ2) is 8.62. The smallest absolute Gasteiger partial charge is 0.250 e.